The number of hydrogen-bond acceptors (Lipinski definition) is 1. The van der Waals surface area contributed by atoms with Crippen LogP contribution in [-0.4, -0.2) is 13.7 Å². The quantitative estimate of drug-likeness (QED) is 0.445. The standard InChI is InChI=1S/C6H10O/c1-3-4-5-6-7-2/h3,6H2,1-2H3. The summed E-state index contributed by atoms with van der Waals surface area (Å²) in [6.07, 6.45) is 0.920. The molecule has 0 radical (unpaired) electrons. The van der Waals surface area contributed by atoms with Gasteiger partial charge >= 0.3 is 0 Å². The van der Waals surface area contributed by atoms with Crippen LogP contribution >= 0.6 is 0 Å². The smallest absolute Gasteiger partial charge is 0.107 e. The average molecular weight is 98.1 g/mol. The van der Waals surface area contributed by atoms with E-state index in [2.05, 4.69) is 16.6 Å². The van der Waals surface area contributed by atoms with Gasteiger partial charge in [-0.25, -0.2) is 0 Å². The zero-order chi connectivity index (χ0) is 5.54. The minimum atomic E-state index is 0.563. The van der Waals surface area contributed by atoms with Crippen molar-refractivity contribution in [2.45, 2.75) is 13.3 Å². The lowest BCUT2D eigenvalue weighted by atomic mass is 10.5. The van der Waals surface area contributed by atoms with Crippen LogP contribution in [0.1, 0.15) is 13.3 Å². The molecule has 1 heteroatoms. The molecule has 0 aliphatic heterocycles. The van der Waals surface area contributed by atoms with E-state index in [9.17, 15) is 0 Å². The molecule has 0 unspecified atom stereocenters. The molecule has 0 aliphatic carbocycles. The Kier molecular flexibility index (Phi) is 5.14. The van der Waals surface area contributed by atoms with Crippen molar-refractivity contribution in [3.63, 3.8) is 0 Å². The van der Waals surface area contributed by atoms with Gasteiger partial charge in [0.1, 0.15) is 6.61 Å². The maximum Gasteiger partial charge on any atom is 0.107 e. The van der Waals surface area contributed by atoms with E-state index in [4.69, 9.17) is 0 Å². The molecule has 0 aromatic heterocycles. The molecule has 0 aliphatic rings. The second-order valence-corrected chi connectivity index (χ2v) is 1.14. The van der Waals surface area contributed by atoms with Crippen LogP contribution in [0.5, 0.6) is 0 Å². The molecule has 0 aromatic carbocycles. The fraction of sp³-hybridized carbons (Fsp3) is 0.667. The lowest BCUT2D eigenvalue weighted by Gasteiger charge is -1.79. The molecule has 1 nitrogen and oxygen atoms in total. The number of ether oxygens (including phenoxy) is 1. The molecule has 0 N–H and O–H groups in total. The highest BCUT2D eigenvalue weighted by Gasteiger charge is 1.63. The predicted molar refractivity (Wildman–Crippen MR) is 29.9 cm³/mol. The minimum absolute atomic E-state index is 0.563. The molecule has 0 spiro atoms. The Morgan fingerprint density at radius 3 is 2.57 bits per heavy atom. The Bertz CT molecular complexity index is 75.9. The summed E-state index contributed by atoms with van der Waals surface area (Å²) in [6, 6.07) is 0. The Morgan fingerprint density at radius 2 is 2.14 bits per heavy atom. The molecule has 0 rings (SSSR count). The summed E-state index contributed by atoms with van der Waals surface area (Å²) in [4.78, 5) is 0. The normalized spacial score (nSPS) is 7.14. The van der Waals surface area contributed by atoms with E-state index in [1.54, 1.807) is 7.11 Å². The number of rotatable bonds is 1. The van der Waals surface area contributed by atoms with Gasteiger partial charge in [0, 0.05) is 13.5 Å². The van der Waals surface area contributed by atoms with Gasteiger partial charge in [-0.2, -0.15) is 0 Å². The molecule has 40 valence electrons. The minimum Gasteiger partial charge on any atom is -0.372 e. The second-order valence-electron chi connectivity index (χ2n) is 1.14. The fourth-order valence-corrected chi connectivity index (χ4v) is 0.248. The van der Waals surface area contributed by atoms with Crippen LogP contribution in [0, 0.1) is 11.8 Å². The Labute approximate surface area is 44.7 Å². The van der Waals surface area contributed by atoms with Crippen molar-refractivity contribution in [2.75, 3.05) is 13.7 Å². The SMILES string of the molecule is CCC#CCOC. The van der Waals surface area contributed by atoms with E-state index in [-0.39, 0.29) is 0 Å². The van der Waals surface area contributed by atoms with Gasteiger partial charge in [0.25, 0.3) is 0 Å². The summed E-state index contributed by atoms with van der Waals surface area (Å²) in [5, 5.41) is 0. The van der Waals surface area contributed by atoms with E-state index in [0.717, 1.165) is 6.42 Å². The van der Waals surface area contributed by atoms with Gasteiger partial charge in [0.2, 0.25) is 0 Å². The van der Waals surface area contributed by atoms with E-state index in [1.165, 1.54) is 0 Å². The molecular formula is C6H10O. The first-order valence-electron chi connectivity index (χ1n) is 2.36. The molecule has 7 heavy (non-hydrogen) atoms. The third-order valence-electron chi connectivity index (χ3n) is 0.518. The molecule has 0 heterocycles. The van der Waals surface area contributed by atoms with E-state index in [0.29, 0.717) is 6.61 Å². The van der Waals surface area contributed by atoms with Gasteiger partial charge in [-0.1, -0.05) is 12.8 Å². The second kappa shape index (κ2) is 5.52. The first-order valence-corrected chi connectivity index (χ1v) is 2.36. The fourth-order valence-electron chi connectivity index (χ4n) is 0.248. The summed E-state index contributed by atoms with van der Waals surface area (Å²) in [5.74, 6) is 5.69. The van der Waals surface area contributed by atoms with Crippen LogP contribution < -0.4 is 0 Å². The van der Waals surface area contributed by atoms with Crippen molar-refractivity contribution in [3.8, 4) is 11.8 Å². The third-order valence-corrected chi connectivity index (χ3v) is 0.518. The third kappa shape index (κ3) is 5.52. The zero-order valence-electron chi connectivity index (χ0n) is 4.82. The van der Waals surface area contributed by atoms with Crippen molar-refractivity contribution >= 4 is 0 Å². The van der Waals surface area contributed by atoms with Crippen LogP contribution in [0.3, 0.4) is 0 Å². The summed E-state index contributed by atoms with van der Waals surface area (Å²) in [5.41, 5.74) is 0. The van der Waals surface area contributed by atoms with Gasteiger partial charge < -0.3 is 4.74 Å². The average Bonchev–Trinajstić information content (AvgIpc) is 1.69. The number of hydrogen-bond donors (Lipinski definition) is 0. The van der Waals surface area contributed by atoms with Crippen molar-refractivity contribution in [1.29, 1.82) is 0 Å². The monoisotopic (exact) mass is 98.1 g/mol. The van der Waals surface area contributed by atoms with Gasteiger partial charge in [0.15, 0.2) is 0 Å². The molecule has 0 bridgehead atoms. The van der Waals surface area contributed by atoms with Gasteiger partial charge in [-0.3, -0.25) is 0 Å². The highest BCUT2D eigenvalue weighted by molar-refractivity contribution is 4.97. The van der Waals surface area contributed by atoms with Crippen LogP contribution in [0.4, 0.5) is 0 Å². The summed E-state index contributed by atoms with van der Waals surface area (Å²) >= 11 is 0. The molecule has 0 aromatic rings. The summed E-state index contributed by atoms with van der Waals surface area (Å²) < 4.78 is 4.67. The molecule has 0 fully saturated rings. The predicted octanol–water partition coefficient (Wildman–Crippen LogP) is 1.05. The first kappa shape index (κ1) is 6.52. The molecular weight excluding hydrogens is 88.1 g/mol. The zero-order valence-corrected chi connectivity index (χ0v) is 4.82. The van der Waals surface area contributed by atoms with Crippen LogP contribution in [0.2, 0.25) is 0 Å². The first-order chi connectivity index (χ1) is 3.41. The Balaban J connectivity index is 2.91. The maximum absolute atomic E-state index is 4.67. The lowest BCUT2D eigenvalue weighted by molar-refractivity contribution is 0.239. The molecule has 0 saturated carbocycles. The lowest BCUT2D eigenvalue weighted by Crippen LogP contribution is -1.79. The van der Waals surface area contributed by atoms with E-state index in [1.807, 2.05) is 6.92 Å². The van der Waals surface area contributed by atoms with Crippen molar-refractivity contribution in [1.82, 2.24) is 0 Å². The van der Waals surface area contributed by atoms with E-state index < -0.39 is 0 Å². The van der Waals surface area contributed by atoms with Crippen molar-refractivity contribution in [3.05, 3.63) is 0 Å². The molecule has 0 saturated heterocycles. The van der Waals surface area contributed by atoms with Crippen LogP contribution in [-0.2, 0) is 4.74 Å². The van der Waals surface area contributed by atoms with Crippen molar-refractivity contribution in [2.24, 2.45) is 0 Å². The topological polar surface area (TPSA) is 9.23 Å². The van der Waals surface area contributed by atoms with E-state index >= 15 is 0 Å². The van der Waals surface area contributed by atoms with Gasteiger partial charge in [-0.15, -0.1) is 5.92 Å². The highest BCUT2D eigenvalue weighted by Crippen LogP contribution is 1.66. The maximum atomic E-state index is 4.67. The highest BCUT2D eigenvalue weighted by atomic mass is 16.5. The summed E-state index contributed by atoms with van der Waals surface area (Å²) in [7, 11) is 1.64. The van der Waals surface area contributed by atoms with Gasteiger partial charge in [-0.05, 0) is 0 Å². The Morgan fingerprint density at radius 1 is 1.43 bits per heavy atom. The van der Waals surface area contributed by atoms with Crippen LogP contribution in [0.15, 0.2) is 0 Å². The van der Waals surface area contributed by atoms with Crippen LogP contribution in [0.25, 0.3) is 0 Å². The van der Waals surface area contributed by atoms with Crippen molar-refractivity contribution < 1.29 is 4.74 Å². The number of methoxy groups -OCH3 is 1. The largest absolute Gasteiger partial charge is 0.372 e. The summed E-state index contributed by atoms with van der Waals surface area (Å²) in [6.45, 7) is 2.58. The Hall–Kier alpha value is -0.480. The van der Waals surface area contributed by atoms with Gasteiger partial charge in [0.05, 0.1) is 0 Å². The molecule has 0 amide bonds. The molecule has 0 atom stereocenters.